The van der Waals surface area contributed by atoms with E-state index in [9.17, 15) is 10.3 Å². The van der Waals surface area contributed by atoms with E-state index in [4.69, 9.17) is 0 Å². The second-order valence-corrected chi connectivity index (χ2v) is 4.87. The fourth-order valence-corrected chi connectivity index (χ4v) is 2.35. The van der Waals surface area contributed by atoms with Crippen LogP contribution in [-0.2, 0) is 5.21 Å². The lowest BCUT2D eigenvalue weighted by Crippen LogP contribution is -2.33. The average molecular weight is 270 g/mol. The zero-order valence-electron chi connectivity index (χ0n) is 11.6. The molecule has 0 aromatic heterocycles. The number of hydroxylamine groups is 1. The fraction of sp³-hybridized carbons (Fsp3) is 0.294. The molecule has 3 heteroatoms. The number of hydrogen-bond acceptors (Lipinski definition) is 2. The van der Waals surface area contributed by atoms with Gasteiger partial charge in [0.05, 0.1) is 11.8 Å². The molecular formula is C17H20NO2. The predicted molar refractivity (Wildman–Crippen MR) is 79.7 cm³/mol. The number of nitrogens with zero attached hydrogens (tertiary/aromatic N) is 1. The van der Waals surface area contributed by atoms with Gasteiger partial charge in [0.25, 0.3) is 0 Å². The van der Waals surface area contributed by atoms with Crippen molar-refractivity contribution in [2.24, 2.45) is 0 Å². The molecule has 0 fully saturated rings. The van der Waals surface area contributed by atoms with E-state index < -0.39 is 12.1 Å². The van der Waals surface area contributed by atoms with E-state index in [0.29, 0.717) is 12.1 Å². The summed E-state index contributed by atoms with van der Waals surface area (Å²) < 4.78 is 0. The minimum absolute atomic E-state index is 0.566. The van der Waals surface area contributed by atoms with Gasteiger partial charge in [0.15, 0.2) is 0 Å². The maximum Gasteiger partial charge on any atom is 0.110 e. The highest BCUT2D eigenvalue weighted by Crippen LogP contribution is 2.30. The Bertz CT molecular complexity index is 501. The average Bonchev–Trinajstić information content (AvgIpc) is 2.50. The molecule has 2 aromatic carbocycles. The monoisotopic (exact) mass is 270 g/mol. The Kier molecular flexibility index (Phi) is 5.16. The molecule has 0 aliphatic rings. The molecule has 0 aliphatic carbocycles. The summed E-state index contributed by atoms with van der Waals surface area (Å²) in [4.78, 5) is 0. The molecule has 2 atom stereocenters. The van der Waals surface area contributed by atoms with Crippen LogP contribution in [0, 0.1) is 0 Å². The number of para-hydroxylation sites is 1. The SMILES string of the molecule is CCCC(O)C(c1ccccc1)N([O])c1ccccc1. The third-order valence-corrected chi connectivity index (χ3v) is 3.35. The minimum Gasteiger partial charge on any atom is -0.391 e. The third kappa shape index (κ3) is 3.38. The zero-order chi connectivity index (χ0) is 14.4. The van der Waals surface area contributed by atoms with Gasteiger partial charge in [0, 0.05) is 0 Å². The largest absolute Gasteiger partial charge is 0.391 e. The Morgan fingerprint density at radius 1 is 1.00 bits per heavy atom. The molecule has 0 bridgehead atoms. The molecule has 0 amide bonds. The van der Waals surface area contributed by atoms with Gasteiger partial charge in [0.1, 0.15) is 6.04 Å². The molecule has 0 heterocycles. The summed E-state index contributed by atoms with van der Waals surface area (Å²) >= 11 is 0. The van der Waals surface area contributed by atoms with E-state index in [2.05, 4.69) is 0 Å². The van der Waals surface area contributed by atoms with Crippen LogP contribution in [0.25, 0.3) is 0 Å². The van der Waals surface area contributed by atoms with Crippen LogP contribution in [-0.4, -0.2) is 11.2 Å². The lowest BCUT2D eigenvalue weighted by molar-refractivity contribution is 0.0486. The van der Waals surface area contributed by atoms with Gasteiger partial charge in [-0.15, -0.1) is 0 Å². The van der Waals surface area contributed by atoms with Crippen molar-refractivity contribution in [1.82, 2.24) is 0 Å². The smallest absolute Gasteiger partial charge is 0.110 e. The quantitative estimate of drug-likeness (QED) is 0.812. The normalized spacial score (nSPS) is 13.8. The van der Waals surface area contributed by atoms with Crippen molar-refractivity contribution >= 4 is 5.69 Å². The molecule has 2 aromatic rings. The minimum atomic E-state index is -0.680. The van der Waals surface area contributed by atoms with Crippen molar-refractivity contribution in [2.75, 3.05) is 5.06 Å². The van der Waals surface area contributed by atoms with Gasteiger partial charge in [-0.25, -0.2) is 5.06 Å². The molecule has 0 spiro atoms. The van der Waals surface area contributed by atoms with Crippen molar-refractivity contribution in [1.29, 1.82) is 0 Å². The van der Waals surface area contributed by atoms with Crippen LogP contribution in [0.4, 0.5) is 5.69 Å². The highest BCUT2D eigenvalue weighted by Gasteiger charge is 2.27. The number of anilines is 1. The van der Waals surface area contributed by atoms with Gasteiger partial charge in [-0.3, -0.25) is 0 Å². The first-order chi connectivity index (χ1) is 9.74. The first-order valence-corrected chi connectivity index (χ1v) is 6.98. The van der Waals surface area contributed by atoms with Crippen LogP contribution in [0.1, 0.15) is 31.4 Å². The summed E-state index contributed by atoms with van der Waals surface area (Å²) in [7, 11) is 0. The molecule has 0 saturated carbocycles. The van der Waals surface area contributed by atoms with Gasteiger partial charge in [-0.2, -0.15) is 0 Å². The fourth-order valence-electron chi connectivity index (χ4n) is 2.35. The molecule has 3 nitrogen and oxygen atoms in total. The van der Waals surface area contributed by atoms with Gasteiger partial charge < -0.3 is 5.11 Å². The zero-order valence-corrected chi connectivity index (χ0v) is 11.6. The van der Waals surface area contributed by atoms with E-state index in [-0.39, 0.29) is 0 Å². The molecule has 0 aliphatic heterocycles. The van der Waals surface area contributed by atoms with E-state index in [0.717, 1.165) is 17.0 Å². The van der Waals surface area contributed by atoms with Crippen molar-refractivity contribution in [3.05, 3.63) is 66.2 Å². The molecule has 2 unspecified atom stereocenters. The van der Waals surface area contributed by atoms with Crippen LogP contribution in [0.15, 0.2) is 60.7 Å². The van der Waals surface area contributed by atoms with Crippen molar-refractivity contribution < 1.29 is 10.3 Å². The Balaban J connectivity index is 2.31. The number of rotatable bonds is 6. The third-order valence-electron chi connectivity index (χ3n) is 3.35. The lowest BCUT2D eigenvalue weighted by Gasteiger charge is -2.30. The maximum absolute atomic E-state index is 12.6. The Morgan fingerprint density at radius 2 is 1.55 bits per heavy atom. The van der Waals surface area contributed by atoms with Crippen LogP contribution in [0.5, 0.6) is 0 Å². The summed E-state index contributed by atoms with van der Waals surface area (Å²) in [6.45, 7) is 2.00. The summed E-state index contributed by atoms with van der Waals surface area (Å²) in [5.74, 6) is 0. The van der Waals surface area contributed by atoms with Crippen LogP contribution >= 0.6 is 0 Å². The Hall–Kier alpha value is -1.84. The number of benzene rings is 2. The molecule has 2 rings (SSSR count). The van der Waals surface area contributed by atoms with Crippen LogP contribution in [0.3, 0.4) is 0 Å². The molecule has 105 valence electrons. The molecule has 1 radical (unpaired) electrons. The van der Waals surface area contributed by atoms with Crippen molar-refractivity contribution in [3.8, 4) is 0 Å². The molecule has 20 heavy (non-hydrogen) atoms. The second-order valence-electron chi connectivity index (χ2n) is 4.87. The summed E-state index contributed by atoms with van der Waals surface area (Å²) in [5.41, 5.74) is 1.41. The Morgan fingerprint density at radius 3 is 2.10 bits per heavy atom. The Labute approximate surface area is 120 Å². The van der Waals surface area contributed by atoms with Crippen molar-refractivity contribution in [3.63, 3.8) is 0 Å². The van der Waals surface area contributed by atoms with Crippen molar-refractivity contribution in [2.45, 2.75) is 31.9 Å². The highest BCUT2D eigenvalue weighted by atomic mass is 16.5. The summed E-state index contributed by atoms with van der Waals surface area (Å²) in [5, 5.41) is 23.9. The van der Waals surface area contributed by atoms with E-state index in [1.165, 1.54) is 0 Å². The van der Waals surface area contributed by atoms with Crippen LogP contribution in [0.2, 0.25) is 0 Å². The number of aliphatic hydroxyl groups is 1. The van der Waals surface area contributed by atoms with Gasteiger partial charge in [0.2, 0.25) is 0 Å². The lowest BCUT2D eigenvalue weighted by atomic mass is 9.97. The standard InChI is InChI=1S/C17H20NO2/c1-2-9-16(19)17(14-10-5-3-6-11-14)18(20)15-12-7-4-8-13-15/h3-8,10-13,16-17,19H,2,9H2,1H3. The number of aliphatic hydroxyl groups excluding tert-OH is 1. The van der Waals surface area contributed by atoms with Gasteiger partial charge in [-0.05, 0) is 24.1 Å². The summed E-state index contributed by atoms with van der Waals surface area (Å²) in [6, 6.07) is 17.9. The first-order valence-electron chi connectivity index (χ1n) is 6.98. The van der Waals surface area contributed by atoms with Gasteiger partial charge >= 0.3 is 0 Å². The predicted octanol–water partition coefficient (Wildman–Crippen LogP) is 3.74. The summed E-state index contributed by atoms with van der Waals surface area (Å²) in [6.07, 6.45) is 0.762. The van der Waals surface area contributed by atoms with Gasteiger partial charge in [-0.1, -0.05) is 67.1 Å². The van der Waals surface area contributed by atoms with E-state index in [1.54, 1.807) is 12.1 Å². The number of hydrogen-bond donors (Lipinski definition) is 1. The van der Waals surface area contributed by atoms with Crippen LogP contribution < -0.4 is 5.06 Å². The van der Waals surface area contributed by atoms with E-state index in [1.807, 2.05) is 55.5 Å². The topological polar surface area (TPSA) is 43.4 Å². The maximum atomic E-state index is 12.6. The highest BCUT2D eigenvalue weighted by molar-refractivity contribution is 5.46. The molecular weight excluding hydrogens is 250 g/mol. The van der Waals surface area contributed by atoms with E-state index >= 15 is 0 Å². The second kappa shape index (κ2) is 7.08. The first kappa shape index (κ1) is 14.6. The molecule has 0 saturated heterocycles. The molecule has 1 N–H and O–H groups in total.